The minimum atomic E-state index is -4.47. The van der Waals surface area contributed by atoms with Gasteiger partial charge in [-0.2, -0.15) is 13.2 Å². The molecule has 1 aliphatic rings. The average molecular weight is 573 g/mol. The van der Waals surface area contributed by atoms with Gasteiger partial charge in [0.1, 0.15) is 24.1 Å². The van der Waals surface area contributed by atoms with Gasteiger partial charge >= 0.3 is 6.18 Å². The first-order chi connectivity index (χ1) is 17.0. The molecule has 2 atom stereocenters. The third-order valence-corrected chi connectivity index (χ3v) is 6.16. The molecule has 38 heavy (non-hydrogen) atoms. The Morgan fingerprint density at radius 1 is 1.11 bits per heavy atom. The number of nitrogens with zero attached hydrogens (tertiary/aromatic N) is 5. The van der Waals surface area contributed by atoms with Gasteiger partial charge in [-0.1, -0.05) is 12.1 Å². The lowest BCUT2D eigenvalue weighted by molar-refractivity contribution is -0.183. The van der Waals surface area contributed by atoms with Crippen LogP contribution in [-0.4, -0.2) is 67.1 Å². The summed E-state index contributed by atoms with van der Waals surface area (Å²) in [4.78, 5) is 6.04. The third kappa shape index (κ3) is 6.29. The number of aliphatic hydroxyl groups is 1. The summed E-state index contributed by atoms with van der Waals surface area (Å²) in [5.41, 5.74) is 6.48. The molecule has 4 aromatic rings. The zero-order valence-corrected chi connectivity index (χ0v) is 22.4. The highest BCUT2D eigenvalue weighted by Gasteiger charge is 2.46. The first-order valence-corrected chi connectivity index (χ1v) is 11.7. The Morgan fingerprint density at radius 3 is 2.50 bits per heavy atom. The van der Waals surface area contributed by atoms with Crippen molar-refractivity contribution in [2.45, 2.75) is 44.1 Å². The van der Waals surface area contributed by atoms with Gasteiger partial charge in [-0.3, -0.25) is 9.30 Å². The maximum atomic E-state index is 14.1. The minimum Gasteiger partial charge on any atom is -0.491 e. The van der Waals surface area contributed by atoms with E-state index in [2.05, 4.69) is 15.2 Å². The summed E-state index contributed by atoms with van der Waals surface area (Å²) in [7, 11) is 0. The molecular formula is C25H29Cl2F3N6O2. The lowest BCUT2D eigenvalue weighted by Gasteiger charge is -2.30. The van der Waals surface area contributed by atoms with Crippen LogP contribution in [0.2, 0.25) is 0 Å². The van der Waals surface area contributed by atoms with Crippen LogP contribution in [0.3, 0.4) is 0 Å². The first kappa shape index (κ1) is 29.9. The molecule has 0 bridgehead atoms. The highest BCUT2D eigenvalue weighted by molar-refractivity contribution is 5.85. The van der Waals surface area contributed by atoms with Gasteiger partial charge < -0.3 is 15.6 Å². The molecule has 1 aliphatic heterocycles. The molecule has 1 saturated heterocycles. The molecular weight excluding hydrogens is 544 g/mol. The highest BCUT2D eigenvalue weighted by atomic mass is 35.5. The van der Waals surface area contributed by atoms with E-state index in [9.17, 15) is 18.3 Å². The van der Waals surface area contributed by atoms with Crippen LogP contribution in [0.4, 0.5) is 13.2 Å². The lowest BCUT2D eigenvalue weighted by Crippen LogP contribution is -2.38. The van der Waals surface area contributed by atoms with Crippen LogP contribution in [0.5, 0.6) is 5.75 Å². The van der Waals surface area contributed by atoms with Gasteiger partial charge in [0.25, 0.3) is 0 Å². The summed E-state index contributed by atoms with van der Waals surface area (Å²) in [5, 5.41) is 19.1. The summed E-state index contributed by atoms with van der Waals surface area (Å²) >= 11 is 0. The smallest absolute Gasteiger partial charge is 0.408 e. The number of hydrogen-bond donors (Lipinski definition) is 2. The Kier molecular flexibility index (Phi) is 8.79. The second-order valence-corrected chi connectivity index (χ2v) is 9.85. The lowest BCUT2D eigenvalue weighted by atomic mass is 10.1. The average Bonchev–Trinajstić information content (AvgIpc) is 3.42. The Balaban J connectivity index is 0.00000200. The standard InChI is InChI=1S/C25H27F3N6O2.2ClH/c1-24(2,35)14-36-18-6-3-15-4-7-19(30-20(15)11-18)23-32-31-21-8-5-16(12-34(21)23)22(25(26,27)28)33-10-9-17(29)13-33;;/h3-8,11-12,17,22,35H,9-10,13-14,29H2,1-2H3;2*1H/t17?,22-;;/m1../s1. The molecule has 13 heteroatoms. The number of aromatic nitrogens is 4. The van der Waals surface area contributed by atoms with E-state index in [4.69, 9.17) is 10.5 Å². The van der Waals surface area contributed by atoms with Crippen molar-refractivity contribution in [1.82, 2.24) is 24.5 Å². The number of ether oxygens (including phenoxy) is 1. The molecule has 0 saturated carbocycles. The van der Waals surface area contributed by atoms with Gasteiger partial charge in [-0.05, 0) is 50.1 Å². The normalized spacial score (nSPS) is 17.3. The summed E-state index contributed by atoms with van der Waals surface area (Å²) in [5.74, 6) is 0.870. The van der Waals surface area contributed by atoms with Crippen molar-refractivity contribution < 1.29 is 23.0 Å². The van der Waals surface area contributed by atoms with Crippen molar-refractivity contribution in [3.63, 3.8) is 0 Å². The number of fused-ring (bicyclic) bond motifs is 2. The monoisotopic (exact) mass is 572 g/mol. The van der Waals surface area contributed by atoms with E-state index in [1.807, 2.05) is 12.1 Å². The second-order valence-electron chi connectivity index (χ2n) is 9.85. The van der Waals surface area contributed by atoms with Crippen LogP contribution in [0.15, 0.2) is 48.7 Å². The molecule has 206 valence electrons. The molecule has 0 aliphatic carbocycles. The molecule has 0 radical (unpaired) electrons. The maximum absolute atomic E-state index is 14.1. The van der Waals surface area contributed by atoms with E-state index < -0.39 is 17.8 Å². The van der Waals surface area contributed by atoms with Crippen molar-refractivity contribution in [3.05, 3.63) is 54.2 Å². The topological polar surface area (TPSA) is 102 Å². The number of halogens is 5. The maximum Gasteiger partial charge on any atom is 0.408 e. The van der Waals surface area contributed by atoms with Crippen LogP contribution in [0.1, 0.15) is 31.9 Å². The number of likely N-dealkylation sites (tertiary alicyclic amines) is 1. The predicted molar refractivity (Wildman–Crippen MR) is 143 cm³/mol. The molecule has 3 aromatic heterocycles. The predicted octanol–water partition coefficient (Wildman–Crippen LogP) is 4.57. The van der Waals surface area contributed by atoms with Crippen LogP contribution in [0.25, 0.3) is 28.1 Å². The quantitative estimate of drug-likeness (QED) is 0.349. The Labute approximate surface area is 229 Å². The summed E-state index contributed by atoms with van der Waals surface area (Å²) in [6.07, 6.45) is -2.51. The fourth-order valence-electron chi connectivity index (χ4n) is 4.47. The number of hydrogen-bond acceptors (Lipinski definition) is 7. The zero-order chi connectivity index (χ0) is 25.7. The summed E-state index contributed by atoms with van der Waals surface area (Å²) in [6.45, 7) is 3.87. The van der Waals surface area contributed by atoms with Crippen LogP contribution < -0.4 is 10.5 Å². The molecule has 1 fully saturated rings. The molecule has 0 amide bonds. The molecule has 3 N–H and O–H groups in total. The van der Waals surface area contributed by atoms with E-state index in [0.29, 0.717) is 34.9 Å². The van der Waals surface area contributed by atoms with Crippen molar-refractivity contribution in [1.29, 1.82) is 0 Å². The Hall–Kier alpha value is -2.70. The molecule has 1 aromatic carbocycles. The van der Waals surface area contributed by atoms with E-state index >= 15 is 0 Å². The number of nitrogens with two attached hydrogens (primary N) is 1. The number of rotatable bonds is 6. The fourth-order valence-corrected chi connectivity index (χ4v) is 4.47. The van der Waals surface area contributed by atoms with E-state index in [0.717, 1.165) is 5.39 Å². The highest BCUT2D eigenvalue weighted by Crippen LogP contribution is 2.39. The minimum absolute atomic E-state index is 0. The Morgan fingerprint density at radius 2 is 1.84 bits per heavy atom. The zero-order valence-electron chi connectivity index (χ0n) is 20.7. The second kappa shape index (κ2) is 11.2. The molecule has 4 heterocycles. The van der Waals surface area contributed by atoms with Crippen LogP contribution in [-0.2, 0) is 0 Å². The van der Waals surface area contributed by atoms with Crippen LogP contribution in [0, 0.1) is 0 Å². The number of pyridine rings is 2. The van der Waals surface area contributed by atoms with Crippen molar-refractivity contribution in [2.24, 2.45) is 5.73 Å². The van der Waals surface area contributed by atoms with Gasteiger partial charge in [0, 0.05) is 36.8 Å². The SMILES string of the molecule is CC(C)(O)COc1ccc2ccc(-c3nnc4ccc([C@@H](N5CCC(N)C5)C(F)(F)F)cn34)nc2c1.Cl.Cl. The molecule has 5 rings (SSSR count). The molecule has 1 unspecified atom stereocenters. The van der Waals surface area contributed by atoms with E-state index in [1.165, 1.54) is 27.6 Å². The Bertz CT molecular complexity index is 1410. The molecule has 8 nitrogen and oxygen atoms in total. The van der Waals surface area contributed by atoms with Crippen molar-refractivity contribution >= 4 is 41.4 Å². The number of alkyl halides is 3. The van der Waals surface area contributed by atoms with Gasteiger partial charge in [0.2, 0.25) is 0 Å². The summed E-state index contributed by atoms with van der Waals surface area (Å²) in [6, 6.07) is 9.91. The van der Waals surface area contributed by atoms with E-state index in [1.54, 1.807) is 32.0 Å². The third-order valence-electron chi connectivity index (χ3n) is 6.16. The van der Waals surface area contributed by atoms with Crippen molar-refractivity contribution in [3.8, 4) is 17.3 Å². The molecule has 0 spiro atoms. The van der Waals surface area contributed by atoms with E-state index in [-0.39, 0.29) is 56.1 Å². The number of benzene rings is 1. The fraction of sp³-hybridized carbons (Fsp3) is 0.400. The van der Waals surface area contributed by atoms with Crippen molar-refractivity contribution in [2.75, 3.05) is 19.7 Å². The summed E-state index contributed by atoms with van der Waals surface area (Å²) < 4.78 is 49.6. The van der Waals surface area contributed by atoms with Gasteiger partial charge in [-0.15, -0.1) is 35.0 Å². The van der Waals surface area contributed by atoms with Crippen LogP contribution >= 0.6 is 24.8 Å². The van der Waals surface area contributed by atoms with Gasteiger partial charge in [-0.25, -0.2) is 4.98 Å². The van der Waals surface area contributed by atoms with Gasteiger partial charge in [0.05, 0.1) is 11.1 Å². The largest absolute Gasteiger partial charge is 0.491 e. The first-order valence-electron chi connectivity index (χ1n) is 11.7. The van der Waals surface area contributed by atoms with Gasteiger partial charge in [0.15, 0.2) is 11.5 Å².